The van der Waals surface area contributed by atoms with Gasteiger partial charge in [-0.15, -0.1) is 0 Å². The Balaban J connectivity index is 1.64. The van der Waals surface area contributed by atoms with Crippen molar-refractivity contribution in [3.05, 3.63) is 47.3 Å². The molecule has 0 bridgehead atoms. The largest absolute Gasteiger partial charge is 0.328 e. The number of nitrogens with zero attached hydrogens (tertiary/aromatic N) is 5. The number of allylic oxidation sites excluding steroid dienone is 2. The van der Waals surface area contributed by atoms with Gasteiger partial charge in [0.25, 0.3) is 5.91 Å². The molecule has 0 saturated carbocycles. The second-order valence-corrected chi connectivity index (χ2v) is 7.59. The van der Waals surface area contributed by atoms with Crippen LogP contribution in [-0.2, 0) is 4.79 Å². The zero-order chi connectivity index (χ0) is 20.9. The number of carbonyl (C=O) groups excluding carboxylic acids is 3. The first-order valence-corrected chi connectivity index (χ1v) is 9.85. The molecule has 0 spiro atoms. The molecule has 3 aliphatic heterocycles. The number of fused-ring (bicyclic) bond motifs is 3. The monoisotopic (exact) mass is 395 g/mol. The van der Waals surface area contributed by atoms with E-state index in [4.69, 9.17) is 4.99 Å². The Morgan fingerprint density at radius 2 is 1.76 bits per heavy atom. The normalized spacial score (nSPS) is 23.7. The lowest BCUT2D eigenvalue weighted by atomic mass is 10.1. The van der Waals surface area contributed by atoms with Crippen molar-refractivity contribution in [2.75, 3.05) is 20.1 Å². The number of benzene rings is 1. The maximum absolute atomic E-state index is 13.4. The van der Waals surface area contributed by atoms with Crippen molar-refractivity contribution in [1.29, 1.82) is 0 Å². The van der Waals surface area contributed by atoms with Crippen molar-refractivity contribution in [1.82, 2.24) is 19.6 Å². The molecular weight excluding hydrogens is 370 g/mol. The molecule has 2 unspecified atom stereocenters. The van der Waals surface area contributed by atoms with Crippen LogP contribution in [0.5, 0.6) is 0 Å². The fourth-order valence-corrected chi connectivity index (χ4v) is 4.18. The molecule has 0 N–H and O–H groups in total. The average molecular weight is 395 g/mol. The van der Waals surface area contributed by atoms with Gasteiger partial charge >= 0.3 is 6.03 Å². The van der Waals surface area contributed by atoms with Crippen LogP contribution in [0.15, 0.2) is 46.7 Å². The van der Waals surface area contributed by atoms with Crippen molar-refractivity contribution >= 4 is 23.7 Å². The number of aliphatic imine (C=N–C) groups is 1. The van der Waals surface area contributed by atoms with Gasteiger partial charge in [0.1, 0.15) is 0 Å². The van der Waals surface area contributed by atoms with Crippen LogP contribution in [0.25, 0.3) is 0 Å². The number of imide groups is 1. The molecule has 4 rings (SSSR count). The van der Waals surface area contributed by atoms with Crippen LogP contribution in [0.4, 0.5) is 4.79 Å². The summed E-state index contributed by atoms with van der Waals surface area (Å²) in [6, 6.07) is 7.57. The van der Waals surface area contributed by atoms with Gasteiger partial charge in [-0.3, -0.25) is 19.4 Å². The molecule has 3 amide bonds. The van der Waals surface area contributed by atoms with Crippen LogP contribution in [0.1, 0.15) is 37.6 Å². The van der Waals surface area contributed by atoms with Crippen molar-refractivity contribution in [3.8, 4) is 0 Å². The summed E-state index contributed by atoms with van der Waals surface area (Å²) in [6.45, 7) is 6.58. The number of guanidine groups is 1. The maximum Gasteiger partial charge on any atom is 0.328 e. The van der Waals surface area contributed by atoms with Gasteiger partial charge < -0.3 is 9.80 Å². The molecule has 152 valence electrons. The number of likely N-dealkylation sites (N-methyl/N-ethyl adjacent to an activating group) is 1. The molecule has 0 aromatic heterocycles. The summed E-state index contributed by atoms with van der Waals surface area (Å²) in [6.07, 6.45) is 0.350. The van der Waals surface area contributed by atoms with Crippen LogP contribution in [0.3, 0.4) is 0 Å². The van der Waals surface area contributed by atoms with Gasteiger partial charge in [-0.1, -0.05) is 37.3 Å². The molecule has 3 aliphatic rings. The minimum Gasteiger partial charge on any atom is -0.315 e. The highest BCUT2D eigenvalue weighted by atomic mass is 16.2. The van der Waals surface area contributed by atoms with Crippen molar-refractivity contribution in [2.24, 2.45) is 4.99 Å². The van der Waals surface area contributed by atoms with Gasteiger partial charge in [-0.2, -0.15) is 0 Å². The molecule has 1 fully saturated rings. The fourth-order valence-electron chi connectivity index (χ4n) is 4.18. The number of hydrogen-bond acceptors (Lipinski definition) is 6. The third kappa shape index (κ3) is 2.82. The van der Waals surface area contributed by atoms with Gasteiger partial charge in [0.2, 0.25) is 5.96 Å². The highest BCUT2D eigenvalue weighted by Crippen LogP contribution is 2.37. The molecule has 3 heterocycles. The van der Waals surface area contributed by atoms with E-state index in [0.29, 0.717) is 11.5 Å². The third-order valence-corrected chi connectivity index (χ3v) is 5.85. The molecule has 8 heteroatoms. The number of amides is 3. The van der Waals surface area contributed by atoms with E-state index in [2.05, 4.69) is 11.8 Å². The van der Waals surface area contributed by atoms with Crippen LogP contribution in [0.2, 0.25) is 0 Å². The predicted molar refractivity (Wildman–Crippen MR) is 108 cm³/mol. The topological polar surface area (TPSA) is 76.5 Å². The van der Waals surface area contributed by atoms with Gasteiger partial charge in [-0.25, -0.2) is 9.79 Å². The summed E-state index contributed by atoms with van der Waals surface area (Å²) >= 11 is 0. The smallest absolute Gasteiger partial charge is 0.315 e. The van der Waals surface area contributed by atoms with Crippen LogP contribution in [0, 0.1) is 0 Å². The van der Waals surface area contributed by atoms with Gasteiger partial charge in [0.05, 0.1) is 6.54 Å². The first-order chi connectivity index (χ1) is 13.9. The molecule has 1 aromatic rings. The number of ketones is 1. The van der Waals surface area contributed by atoms with E-state index in [9.17, 15) is 14.4 Å². The number of hydrogen-bond donors (Lipinski definition) is 0. The standard InChI is InChI=1S/C21H25N5O3/c1-5-11-24-13(2)14(3)26-17-18(22-20(24)26)23(4)21(29)25(19(17)28)12-16(27)15-9-7-6-8-10-15/h6-10,17-18H,5,11-12H2,1-4H3. The second-order valence-electron chi connectivity index (χ2n) is 7.59. The van der Waals surface area contributed by atoms with E-state index in [0.717, 1.165) is 29.3 Å². The zero-order valence-electron chi connectivity index (χ0n) is 17.1. The highest BCUT2D eigenvalue weighted by molar-refractivity contribution is 6.09. The Labute approximate surface area is 170 Å². The lowest BCUT2D eigenvalue weighted by Crippen LogP contribution is -2.65. The number of rotatable bonds is 5. The van der Waals surface area contributed by atoms with E-state index in [1.165, 1.54) is 4.90 Å². The van der Waals surface area contributed by atoms with Crippen LogP contribution in [-0.4, -0.2) is 75.6 Å². The summed E-state index contributed by atoms with van der Waals surface area (Å²) in [4.78, 5) is 50.2. The number of urea groups is 1. The number of carbonyl (C=O) groups is 3. The SMILES string of the molecule is CCCN1C2=NC3C(C(=O)N(CC(=O)c4ccccc4)C(=O)N3C)N2C(C)=C1C. The minimum atomic E-state index is -0.645. The molecule has 1 saturated heterocycles. The lowest BCUT2D eigenvalue weighted by Gasteiger charge is -2.40. The Morgan fingerprint density at radius 3 is 2.41 bits per heavy atom. The van der Waals surface area contributed by atoms with E-state index < -0.39 is 18.2 Å². The predicted octanol–water partition coefficient (Wildman–Crippen LogP) is 2.11. The summed E-state index contributed by atoms with van der Waals surface area (Å²) in [5, 5.41) is 0. The Hall–Kier alpha value is -3.16. The van der Waals surface area contributed by atoms with Gasteiger partial charge in [-0.05, 0) is 20.3 Å². The molecule has 2 atom stereocenters. The molecular formula is C21H25N5O3. The van der Waals surface area contributed by atoms with Crippen molar-refractivity contribution in [3.63, 3.8) is 0 Å². The van der Waals surface area contributed by atoms with E-state index in [1.54, 1.807) is 31.3 Å². The minimum absolute atomic E-state index is 0.268. The summed E-state index contributed by atoms with van der Waals surface area (Å²) in [5.74, 6) is 0.0588. The molecule has 8 nitrogen and oxygen atoms in total. The summed E-state index contributed by atoms with van der Waals surface area (Å²) in [5.41, 5.74) is 2.49. The van der Waals surface area contributed by atoms with Crippen LogP contribution < -0.4 is 0 Å². The second kappa shape index (κ2) is 7.02. The summed E-state index contributed by atoms with van der Waals surface area (Å²) in [7, 11) is 1.63. The molecule has 29 heavy (non-hydrogen) atoms. The van der Waals surface area contributed by atoms with Crippen molar-refractivity contribution < 1.29 is 14.4 Å². The van der Waals surface area contributed by atoms with Crippen LogP contribution >= 0.6 is 0 Å². The fraction of sp³-hybridized carbons (Fsp3) is 0.429. The zero-order valence-corrected chi connectivity index (χ0v) is 17.1. The van der Waals surface area contributed by atoms with Gasteiger partial charge in [0.15, 0.2) is 18.0 Å². The molecule has 0 radical (unpaired) electrons. The quantitative estimate of drug-likeness (QED) is 0.714. The Kier molecular flexibility index (Phi) is 4.64. The van der Waals surface area contributed by atoms with E-state index in [-0.39, 0.29) is 18.2 Å². The molecule has 1 aromatic carbocycles. The maximum atomic E-state index is 13.4. The highest BCUT2D eigenvalue weighted by Gasteiger charge is 2.55. The Bertz CT molecular complexity index is 939. The van der Waals surface area contributed by atoms with E-state index in [1.807, 2.05) is 24.8 Å². The first-order valence-electron chi connectivity index (χ1n) is 9.85. The first kappa shape index (κ1) is 19.2. The third-order valence-electron chi connectivity index (χ3n) is 5.85. The van der Waals surface area contributed by atoms with Gasteiger partial charge in [0, 0.05) is 30.5 Å². The van der Waals surface area contributed by atoms with E-state index >= 15 is 0 Å². The number of Topliss-reactive ketones (excluding diaryl/α,β-unsaturated/α-hetero) is 1. The average Bonchev–Trinajstić information content (AvgIpc) is 3.22. The summed E-state index contributed by atoms with van der Waals surface area (Å²) < 4.78 is 0. The molecule has 0 aliphatic carbocycles. The Morgan fingerprint density at radius 1 is 1.07 bits per heavy atom. The lowest BCUT2D eigenvalue weighted by molar-refractivity contribution is -0.136. The van der Waals surface area contributed by atoms with Crippen molar-refractivity contribution in [2.45, 2.75) is 39.4 Å².